The van der Waals surface area contributed by atoms with E-state index in [0.29, 0.717) is 6.04 Å². The van der Waals surface area contributed by atoms with Crippen molar-refractivity contribution in [2.24, 2.45) is 11.7 Å². The molecule has 9 heavy (non-hydrogen) atoms. The van der Waals surface area contributed by atoms with E-state index in [0.717, 1.165) is 18.5 Å². The molecule has 0 spiro atoms. The Labute approximate surface area is 55.8 Å². The molecule has 0 aromatic rings. The normalized spacial score (nSPS) is 49.7. The molecular weight excluding hydrogens is 112 g/mol. The number of piperidine rings is 1. The predicted molar refractivity (Wildman–Crippen MR) is 37.1 cm³/mol. The van der Waals surface area contributed by atoms with E-state index in [9.17, 15) is 0 Å². The molecule has 1 saturated heterocycles. The van der Waals surface area contributed by atoms with Gasteiger partial charge in [-0.05, 0) is 25.2 Å². The maximum atomic E-state index is 5.85. The molecule has 1 aliphatic carbocycles. The molecule has 1 heterocycles. The Balaban J connectivity index is 2.05. The molecule has 2 fully saturated rings. The van der Waals surface area contributed by atoms with E-state index in [1.54, 1.807) is 0 Å². The molecule has 0 unspecified atom stereocenters. The van der Waals surface area contributed by atoms with Crippen molar-refractivity contribution in [1.82, 2.24) is 5.32 Å². The van der Waals surface area contributed by atoms with Gasteiger partial charge < -0.3 is 11.1 Å². The average Bonchev–Trinajstić information content (AvgIpc) is 2.25. The van der Waals surface area contributed by atoms with Gasteiger partial charge in [-0.15, -0.1) is 0 Å². The first kappa shape index (κ1) is 5.69. The zero-order valence-electron chi connectivity index (χ0n) is 5.64. The lowest BCUT2D eigenvalue weighted by Crippen LogP contribution is -2.46. The van der Waals surface area contributed by atoms with Crippen molar-refractivity contribution in [2.45, 2.75) is 31.3 Å². The first-order chi connectivity index (χ1) is 4.36. The molecule has 1 aliphatic heterocycles. The van der Waals surface area contributed by atoms with Crippen LogP contribution in [-0.4, -0.2) is 18.6 Å². The average molecular weight is 126 g/mol. The Morgan fingerprint density at radius 2 is 2.22 bits per heavy atom. The fourth-order valence-electron chi connectivity index (χ4n) is 2.06. The van der Waals surface area contributed by atoms with Gasteiger partial charge >= 0.3 is 0 Å². The highest BCUT2D eigenvalue weighted by molar-refractivity contribution is 4.92. The number of nitrogens with one attached hydrogen (secondary N) is 1. The summed E-state index contributed by atoms with van der Waals surface area (Å²) in [5.74, 6) is 0.844. The van der Waals surface area contributed by atoms with Gasteiger partial charge in [-0.3, -0.25) is 0 Å². The van der Waals surface area contributed by atoms with Crippen LogP contribution in [-0.2, 0) is 0 Å². The van der Waals surface area contributed by atoms with Crippen molar-refractivity contribution in [3.63, 3.8) is 0 Å². The molecule has 1 saturated carbocycles. The lowest BCUT2D eigenvalue weighted by Gasteiger charge is -2.26. The quantitative estimate of drug-likeness (QED) is 0.482. The van der Waals surface area contributed by atoms with Crippen LogP contribution in [0, 0.1) is 5.92 Å². The SMILES string of the molecule is N[C@H]1CN[C@H]2CC[C@@H]1C2. The zero-order chi connectivity index (χ0) is 6.27. The largest absolute Gasteiger partial charge is 0.326 e. The van der Waals surface area contributed by atoms with Crippen LogP contribution < -0.4 is 11.1 Å². The van der Waals surface area contributed by atoms with Gasteiger partial charge in [0.1, 0.15) is 0 Å². The second-order valence-electron chi connectivity index (χ2n) is 3.34. The lowest BCUT2D eigenvalue weighted by atomic mass is 9.96. The first-order valence-electron chi connectivity index (χ1n) is 3.85. The van der Waals surface area contributed by atoms with Crippen molar-refractivity contribution in [3.05, 3.63) is 0 Å². The van der Waals surface area contributed by atoms with Crippen LogP contribution in [0.15, 0.2) is 0 Å². The lowest BCUT2D eigenvalue weighted by molar-refractivity contribution is 0.341. The molecule has 3 atom stereocenters. The van der Waals surface area contributed by atoms with Gasteiger partial charge in [0, 0.05) is 18.6 Å². The molecule has 0 aromatic heterocycles. The summed E-state index contributed by atoms with van der Waals surface area (Å²) in [4.78, 5) is 0. The van der Waals surface area contributed by atoms with Gasteiger partial charge in [0.15, 0.2) is 0 Å². The van der Waals surface area contributed by atoms with E-state index in [1.165, 1.54) is 19.3 Å². The highest BCUT2D eigenvalue weighted by Gasteiger charge is 2.32. The summed E-state index contributed by atoms with van der Waals surface area (Å²) in [6, 6.07) is 1.26. The topological polar surface area (TPSA) is 38.0 Å². The molecule has 3 N–H and O–H groups in total. The van der Waals surface area contributed by atoms with E-state index in [4.69, 9.17) is 5.73 Å². The second-order valence-corrected chi connectivity index (χ2v) is 3.34. The van der Waals surface area contributed by atoms with E-state index >= 15 is 0 Å². The van der Waals surface area contributed by atoms with Gasteiger partial charge in [0.25, 0.3) is 0 Å². The Bertz CT molecular complexity index is 113. The number of nitrogens with two attached hydrogens (primary N) is 1. The van der Waals surface area contributed by atoms with Crippen LogP contribution in [0.5, 0.6) is 0 Å². The molecule has 2 nitrogen and oxygen atoms in total. The zero-order valence-corrected chi connectivity index (χ0v) is 5.64. The molecule has 0 radical (unpaired) electrons. The Morgan fingerprint density at radius 1 is 1.33 bits per heavy atom. The first-order valence-corrected chi connectivity index (χ1v) is 3.85. The van der Waals surface area contributed by atoms with Crippen molar-refractivity contribution in [3.8, 4) is 0 Å². The maximum absolute atomic E-state index is 5.85. The summed E-state index contributed by atoms with van der Waals surface area (Å²) in [7, 11) is 0. The van der Waals surface area contributed by atoms with Crippen LogP contribution in [0.2, 0.25) is 0 Å². The molecule has 2 aliphatic rings. The van der Waals surface area contributed by atoms with Crippen LogP contribution in [0.3, 0.4) is 0 Å². The van der Waals surface area contributed by atoms with Gasteiger partial charge in [0.05, 0.1) is 0 Å². The second kappa shape index (κ2) is 1.96. The van der Waals surface area contributed by atoms with Crippen LogP contribution in [0.4, 0.5) is 0 Å². The number of hydrogen-bond acceptors (Lipinski definition) is 2. The minimum atomic E-state index is 0.448. The Kier molecular flexibility index (Phi) is 1.24. The summed E-state index contributed by atoms with van der Waals surface area (Å²) >= 11 is 0. The highest BCUT2D eigenvalue weighted by atomic mass is 15.0. The molecule has 2 heteroatoms. The van der Waals surface area contributed by atoms with Crippen molar-refractivity contribution in [1.29, 1.82) is 0 Å². The van der Waals surface area contributed by atoms with Gasteiger partial charge in [0.2, 0.25) is 0 Å². The standard InChI is InChI=1S/C7H14N2/c8-7-4-9-6-2-1-5(7)3-6/h5-7,9H,1-4,8H2/t5-,6+,7+/m1/s1. The summed E-state index contributed by atoms with van der Waals surface area (Å²) in [6.07, 6.45) is 4.05. The number of fused-ring (bicyclic) bond motifs is 2. The fourth-order valence-corrected chi connectivity index (χ4v) is 2.06. The minimum Gasteiger partial charge on any atom is -0.326 e. The summed E-state index contributed by atoms with van der Waals surface area (Å²) in [5, 5.41) is 3.44. The van der Waals surface area contributed by atoms with Crippen LogP contribution in [0.1, 0.15) is 19.3 Å². The number of hydrogen-bond donors (Lipinski definition) is 2. The predicted octanol–water partition coefficient (Wildman–Crippen LogP) is 0.0856. The Morgan fingerprint density at radius 3 is 3.00 bits per heavy atom. The maximum Gasteiger partial charge on any atom is 0.0194 e. The van der Waals surface area contributed by atoms with Crippen molar-refractivity contribution >= 4 is 0 Å². The summed E-state index contributed by atoms with van der Waals surface area (Å²) < 4.78 is 0. The van der Waals surface area contributed by atoms with E-state index < -0.39 is 0 Å². The molecule has 2 bridgehead atoms. The third-order valence-corrected chi connectivity index (χ3v) is 2.72. The number of rotatable bonds is 0. The third kappa shape index (κ3) is 0.864. The molecular formula is C7H14N2. The van der Waals surface area contributed by atoms with E-state index in [2.05, 4.69) is 5.32 Å². The van der Waals surface area contributed by atoms with Gasteiger partial charge in [-0.1, -0.05) is 0 Å². The third-order valence-electron chi connectivity index (χ3n) is 2.72. The molecule has 0 aromatic carbocycles. The smallest absolute Gasteiger partial charge is 0.0194 e. The van der Waals surface area contributed by atoms with Gasteiger partial charge in [-0.2, -0.15) is 0 Å². The fraction of sp³-hybridized carbons (Fsp3) is 1.00. The molecule has 0 amide bonds. The summed E-state index contributed by atoms with van der Waals surface area (Å²) in [5.41, 5.74) is 5.85. The molecule has 2 rings (SSSR count). The highest BCUT2D eigenvalue weighted by Crippen LogP contribution is 2.30. The van der Waals surface area contributed by atoms with Crippen LogP contribution in [0.25, 0.3) is 0 Å². The summed E-state index contributed by atoms with van der Waals surface area (Å²) in [6.45, 7) is 1.05. The van der Waals surface area contributed by atoms with Crippen LogP contribution >= 0.6 is 0 Å². The van der Waals surface area contributed by atoms with E-state index in [1.807, 2.05) is 0 Å². The van der Waals surface area contributed by atoms with Gasteiger partial charge in [-0.25, -0.2) is 0 Å². The van der Waals surface area contributed by atoms with Crippen molar-refractivity contribution in [2.75, 3.05) is 6.54 Å². The monoisotopic (exact) mass is 126 g/mol. The van der Waals surface area contributed by atoms with Crippen molar-refractivity contribution < 1.29 is 0 Å². The van der Waals surface area contributed by atoms with E-state index in [-0.39, 0.29) is 0 Å². The minimum absolute atomic E-state index is 0.448. The Hall–Kier alpha value is -0.0800. The molecule has 52 valence electrons.